The first-order valence-corrected chi connectivity index (χ1v) is 4.21. The summed E-state index contributed by atoms with van der Waals surface area (Å²) in [5, 5.41) is 7.69. The van der Waals surface area contributed by atoms with Crippen LogP contribution in [0, 0.1) is 0 Å². The molecule has 0 bridgehead atoms. The summed E-state index contributed by atoms with van der Waals surface area (Å²) in [6, 6.07) is 0.180. The molecular weight excluding hydrogens is 168 g/mol. The van der Waals surface area contributed by atoms with Gasteiger partial charge in [-0.2, -0.15) is 0 Å². The van der Waals surface area contributed by atoms with Crippen LogP contribution in [0.1, 0.15) is 36.8 Å². The van der Waals surface area contributed by atoms with Crippen LogP contribution in [0.4, 0.5) is 5.82 Å². The van der Waals surface area contributed by atoms with Gasteiger partial charge in [-0.25, -0.2) is 9.67 Å². The predicted octanol–water partition coefficient (Wildman–Crippen LogP) is 1.15. The first-order chi connectivity index (χ1) is 6.20. The fraction of sp³-hybridized carbons (Fsp3) is 0.500. The fourth-order valence-corrected chi connectivity index (χ4v) is 1.25. The summed E-state index contributed by atoms with van der Waals surface area (Å²) in [6.45, 7) is 3.95. The van der Waals surface area contributed by atoms with Crippen molar-refractivity contribution in [1.29, 1.82) is 0 Å². The number of aliphatic imine (C=N–C) groups is 1. The molecule has 13 heavy (non-hydrogen) atoms. The molecule has 0 saturated heterocycles. The predicted molar refractivity (Wildman–Crippen MR) is 47.5 cm³/mol. The maximum absolute atomic E-state index is 11.3. The quantitative estimate of drug-likeness (QED) is 0.648. The summed E-state index contributed by atoms with van der Waals surface area (Å²) in [5.74, 6) is 0.586. The molecule has 0 spiro atoms. The molecule has 0 radical (unpaired) electrons. The Labute approximate surface area is 75.5 Å². The first-order valence-electron chi connectivity index (χ1n) is 4.21. The van der Waals surface area contributed by atoms with Gasteiger partial charge in [0.05, 0.1) is 6.04 Å². The zero-order chi connectivity index (χ0) is 9.42. The molecule has 0 amide bonds. The summed E-state index contributed by atoms with van der Waals surface area (Å²) in [7, 11) is 0. The normalized spacial score (nSPS) is 15.2. The van der Waals surface area contributed by atoms with Gasteiger partial charge in [0.15, 0.2) is 17.3 Å². The van der Waals surface area contributed by atoms with Crippen molar-refractivity contribution in [3.05, 3.63) is 5.69 Å². The molecule has 2 rings (SSSR count). The Morgan fingerprint density at radius 1 is 1.54 bits per heavy atom. The van der Waals surface area contributed by atoms with Crippen LogP contribution in [0.2, 0.25) is 0 Å². The highest BCUT2D eigenvalue weighted by atomic mass is 16.1. The number of aromatic nitrogens is 3. The van der Waals surface area contributed by atoms with E-state index in [0.29, 0.717) is 17.9 Å². The topological polar surface area (TPSA) is 60.1 Å². The molecule has 1 aromatic heterocycles. The Morgan fingerprint density at radius 3 is 3.00 bits per heavy atom. The highest BCUT2D eigenvalue weighted by molar-refractivity contribution is 6.07. The lowest BCUT2D eigenvalue weighted by Gasteiger charge is -2.08. The second kappa shape index (κ2) is 2.76. The second-order valence-electron chi connectivity index (χ2n) is 3.24. The highest BCUT2D eigenvalue weighted by Gasteiger charge is 2.22. The minimum Gasteiger partial charge on any atom is -0.292 e. The van der Waals surface area contributed by atoms with Gasteiger partial charge in [-0.05, 0) is 13.8 Å². The molecule has 68 valence electrons. The van der Waals surface area contributed by atoms with Gasteiger partial charge in [-0.1, -0.05) is 5.21 Å². The van der Waals surface area contributed by atoms with E-state index in [1.54, 1.807) is 10.9 Å². The number of carbonyl (C=O) groups is 1. The van der Waals surface area contributed by atoms with E-state index in [1.807, 2.05) is 13.8 Å². The summed E-state index contributed by atoms with van der Waals surface area (Å²) in [4.78, 5) is 15.4. The number of hydrogen-bond donors (Lipinski definition) is 0. The van der Waals surface area contributed by atoms with Crippen molar-refractivity contribution in [2.75, 3.05) is 0 Å². The average molecular weight is 178 g/mol. The van der Waals surface area contributed by atoms with Crippen LogP contribution < -0.4 is 0 Å². The van der Waals surface area contributed by atoms with Crippen LogP contribution >= 0.6 is 0 Å². The highest BCUT2D eigenvalue weighted by Crippen LogP contribution is 2.23. The van der Waals surface area contributed by atoms with Gasteiger partial charge >= 0.3 is 0 Å². The van der Waals surface area contributed by atoms with Gasteiger partial charge < -0.3 is 0 Å². The molecule has 1 aliphatic heterocycles. The van der Waals surface area contributed by atoms with Gasteiger partial charge in [-0.15, -0.1) is 5.10 Å². The SMILES string of the molecule is CC(C)n1nnc2c1N=CCC2=O. The number of nitrogens with zero attached hydrogens (tertiary/aromatic N) is 4. The Hall–Kier alpha value is -1.52. The molecular formula is C8H10N4O. The van der Waals surface area contributed by atoms with Crippen LogP contribution in [-0.2, 0) is 0 Å². The lowest BCUT2D eigenvalue weighted by Crippen LogP contribution is -2.07. The molecule has 5 nitrogen and oxygen atoms in total. The third-order valence-corrected chi connectivity index (χ3v) is 1.91. The molecule has 0 saturated carbocycles. The summed E-state index contributed by atoms with van der Waals surface area (Å²) in [6.07, 6.45) is 1.94. The molecule has 1 aliphatic rings. The van der Waals surface area contributed by atoms with Crippen LogP contribution in [-0.4, -0.2) is 27.0 Å². The average Bonchev–Trinajstić information content (AvgIpc) is 2.48. The summed E-state index contributed by atoms with van der Waals surface area (Å²) >= 11 is 0. The second-order valence-corrected chi connectivity index (χ2v) is 3.24. The van der Waals surface area contributed by atoms with Crippen molar-refractivity contribution in [2.24, 2.45) is 4.99 Å². The van der Waals surface area contributed by atoms with E-state index in [-0.39, 0.29) is 11.8 Å². The van der Waals surface area contributed by atoms with Gasteiger partial charge in [0.1, 0.15) is 0 Å². The molecule has 0 fully saturated rings. The van der Waals surface area contributed by atoms with E-state index in [2.05, 4.69) is 15.3 Å². The number of ketones is 1. The minimum atomic E-state index is -0.00287. The van der Waals surface area contributed by atoms with Crippen LogP contribution in [0.25, 0.3) is 0 Å². The fourth-order valence-electron chi connectivity index (χ4n) is 1.25. The molecule has 0 atom stereocenters. The number of hydrogen-bond acceptors (Lipinski definition) is 4. The van der Waals surface area contributed by atoms with Crippen LogP contribution in [0.15, 0.2) is 4.99 Å². The number of fused-ring (bicyclic) bond motifs is 1. The largest absolute Gasteiger partial charge is 0.292 e. The standard InChI is InChI=1S/C8H10N4O/c1-5(2)12-8-7(10-11-12)6(13)3-4-9-8/h4-5H,3H2,1-2H3. The monoisotopic (exact) mass is 178 g/mol. The van der Waals surface area contributed by atoms with E-state index in [4.69, 9.17) is 0 Å². The molecule has 5 heteroatoms. The van der Waals surface area contributed by atoms with Crippen LogP contribution in [0.3, 0.4) is 0 Å². The maximum Gasteiger partial charge on any atom is 0.192 e. The maximum atomic E-state index is 11.3. The molecule has 1 aromatic rings. The lowest BCUT2D eigenvalue weighted by atomic mass is 10.2. The summed E-state index contributed by atoms with van der Waals surface area (Å²) in [5.41, 5.74) is 0.399. The van der Waals surface area contributed by atoms with E-state index < -0.39 is 0 Å². The van der Waals surface area contributed by atoms with E-state index in [9.17, 15) is 4.79 Å². The van der Waals surface area contributed by atoms with E-state index in [0.717, 1.165) is 0 Å². The van der Waals surface area contributed by atoms with Gasteiger partial charge in [0.2, 0.25) is 0 Å². The van der Waals surface area contributed by atoms with E-state index in [1.165, 1.54) is 0 Å². The van der Waals surface area contributed by atoms with Gasteiger partial charge in [-0.3, -0.25) is 4.79 Å². The Bertz CT molecular complexity index is 377. The van der Waals surface area contributed by atoms with Crippen molar-refractivity contribution in [3.63, 3.8) is 0 Å². The van der Waals surface area contributed by atoms with Crippen molar-refractivity contribution in [1.82, 2.24) is 15.0 Å². The molecule has 0 unspecified atom stereocenters. The zero-order valence-corrected chi connectivity index (χ0v) is 7.56. The number of Topliss-reactive ketones (excluding diaryl/α,β-unsaturated/α-hetero) is 1. The minimum absolute atomic E-state index is 0.00287. The Balaban J connectivity index is 2.55. The smallest absolute Gasteiger partial charge is 0.192 e. The third kappa shape index (κ3) is 1.16. The molecule has 0 aromatic carbocycles. The van der Waals surface area contributed by atoms with Crippen molar-refractivity contribution in [2.45, 2.75) is 26.3 Å². The summed E-state index contributed by atoms with van der Waals surface area (Å²) < 4.78 is 1.66. The number of carbonyl (C=O) groups excluding carboxylic acids is 1. The zero-order valence-electron chi connectivity index (χ0n) is 7.56. The lowest BCUT2D eigenvalue weighted by molar-refractivity contribution is 0.0996. The first kappa shape index (κ1) is 8.10. The molecule has 2 heterocycles. The van der Waals surface area contributed by atoms with Crippen molar-refractivity contribution >= 4 is 17.8 Å². The van der Waals surface area contributed by atoms with Crippen LogP contribution in [0.5, 0.6) is 0 Å². The Morgan fingerprint density at radius 2 is 2.31 bits per heavy atom. The van der Waals surface area contributed by atoms with Crippen molar-refractivity contribution < 1.29 is 4.79 Å². The van der Waals surface area contributed by atoms with Gasteiger partial charge in [0.25, 0.3) is 0 Å². The van der Waals surface area contributed by atoms with Gasteiger partial charge in [0, 0.05) is 12.6 Å². The van der Waals surface area contributed by atoms with Crippen molar-refractivity contribution in [3.8, 4) is 0 Å². The molecule has 0 N–H and O–H groups in total. The molecule has 0 aliphatic carbocycles. The van der Waals surface area contributed by atoms with E-state index >= 15 is 0 Å². The third-order valence-electron chi connectivity index (χ3n) is 1.91. The number of rotatable bonds is 1. The Kier molecular flexibility index (Phi) is 1.72.